The number of benzene rings is 3. The maximum Gasteiger partial charge on any atom is 0.416 e. The molecule has 12 heteroatoms. The number of para-hydroxylation sites is 2. The largest absolute Gasteiger partial charge is 0.416 e. The Bertz CT molecular complexity index is 1610. The fourth-order valence-electron chi connectivity index (χ4n) is 3.77. The zero-order valence-electron chi connectivity index (χ0n) is 18.6. The Labute approximate surface area is 207 Å². The topological polar surface area (TPSA) is 82.6 Å². The maximum absolute atomic E-state index is 13.0. The summed E-state index contributed by atoms with van der Waals surface area (Å²) in [5, 5.41) is 15.4. The second-order valence-corrected chi connectivity index (χ2v) is 8.26. The van der Waals surface area contributed by atoms with Crippen molar-refractivity contribution in [3.63, 3.8) is 0 Å². The summed E-state index contributed by atoms with van der Waals surface area (Å²) in [6.07, 6.45) is -4.52. The maximum atomic E-state index is 13.0. The lowest BCUT2D eigenvalue weighted by molar-refractivity contribution is -0.137. The second-order valence-electron chi connectivity index (χ2n) is 7.89. The van der Waals surface area contributed by atoms with Gasteiger partial charge in [0.1, 0.15) is 18.6 Å². The van der Waals surface area contributed by atoms with Gasteiger partial charge in [0, 0.05) is 11.4 Å². The van der Waals surface area contributed by atoms with Crippen LogP contribution in [-0.2, 0) is 24.1 Å². The number of nitrogens with zero attached hydrogens (tertiary/aromatic N) is 6. The summed E-state index contributed by atoms with van der Waals surface area (Å²) >= 11 is 5.63. The van der Waals surface area contributed by atoms with Crippen LogP contribution in [0.25, 0.3) is 16.7 Å². The van der Waals surface area contributed by atoms with Gasteiger partial charge >= 0.3 is 6.18 Å². The first-order chi connectivity index (χ1) is 17.3. The molecule has 8 nitrogen and oxygen atoms in total. The minimum Gasteiger partial charge on any atom is -0.324 e. The van der Waals surface area contributed by atoms with E-state index in [1.165, 1.54) is 16.8 Å². The third-order valence-corrected chi connectivity index (χ3v) is 5.79. The molecule has 2 aromatic heterocycles. The van der Waals surface area contributed by atoms with Gasteiger partial charge in [0.2, 0.25) is 10.7 Å². The number of aromatic nitrogens is 6. The molecule has 0 saturated heterocycles. The van der Waals surface area contributed by atoms with Gasteiger partial charge < -0.3 is 5.32 Å². The minimum absolute atomic E-state index is 0.0261. The monoisotopic (exact) mass is 509 g/mol. The fraction of sp³-hybridized carbons (Fsp3) is 0.125. The highest BCUT2D eigenvalue weighted by molar-refractivity contribution is 7.71. The van der Waals surface area contributed by atoms with Crippen LogP contribution in [0.3, 0.4) is 0 Å². The van der Waals surface area contributed by atoms with Gasteiger partial charge in [-0.1, -0.05) is 41.6 Å². The van der Waals surface area contributed by atoms with E-state index in [0.29, 0.717) is 5.82 Å². The standard InChI is InChI=1S/C24H18F3N7OS/c25-24(26,27)16-7-6-8-17(13-16)28-22(35)15-33-23(36)34(18-9-2-1-3-10-18)21(30-33)14-32-20-12-5-4-11-19(20)29-31-32/h1-13H,14-15H2,(H,28,35). The van der Waals surface area contributed by atoms with Crippen LogP contribution in [0.2, 0.25) is 0 Å². The number of fused-ring (bicyclic) bond motifs is 1. The van der Waals surface area contributed by atoms with E-state index in [1.807, 2.05) is 54.6 Å². The van der Waals surface area contributed by atoms with Crippen molar-refractivity contribution >= 4 is 34.8 Å². The number of rotatable bonds is 6. The highest BCUT2D eigenvalue weighted by Crippen LogP contribution is 2.30. The zero-order valence-corrected chi connectivity index (χ0v) is 19.4. The van der Waals surface area contributed by atoms with Crippen molar-refractivity contribution in [1.29, 1.82) is 0 Å². The van der Waals surface area contributed by atoms with E-state index in [2.05, 4.69) is 20.7 Å². The molecule has 0 aliphatic carbocycles. The molecule has 1 N–H and O–H groups in total. The first-order valence-corrected chi connectivity index (χ1v) is 11.2. The van der Waals surface area contributed by atoms with Crippen LogP contribution in [0.4, 0.5) is 18.9 Å². The number of amides is 1. The van der Waals surface area contributed by atoms with Crippen molar-refractivity contribution in [2.45, 2.75) is 19.3 Å². The number of halogens is 3. The summed E-state index contributed by atoms with van der Waals surface area (Å²) in [5.74, 6) is -0.0605. The van der Waals surface area contributed by atoms with Crippen LogP contribution in [-0.4, -0.2) is 35.2 Å². The van der Waals surface area contributed by atoms with Gasteiger partial charge in [-0.15, -0.1) is 5.10 Å². The van der Waals surface area contributed by atoms with Crippen LogP contribution in [0.5, 0.6) is 0 Å². The SMILES string of the molecule is O=C(Cn1nc(Cn2nnc3ccccc32)n(-c2ccccc2)c1=S)Nc1cccc(C(F)(F)F)c1. The predicted octanol–water partition coefficient (Wildman–Crippen LogP) is 4.85. The highest BCUT2D eigenvalue weighted by Gasteiger charge is 2.30. The smallest absolute Gasteiger partial charge is 0.324 e. The Morgan fingerprint density at radius 2 is 1.69 bits per heavy atom. The molecule has 1 amide bonds. The molecule has 5 aromatic rings. The molecule has 0 saturated carbocycles. The van der Waals surface area contributed by atoms with Crippen molar-refractivity contribution in [3.05, 3.63) is 95.0 Å². The molecule has 36 heavy (non-hydrogen) atoms. The molecule has 0 spiro atoms. The predicted molar refractivity (Wildman–Crippen MR) is 129 cm³/mol. The van der Waals surface area contributed by atoms with Crippen molar-refractivity contribution in [2.24, 2.45) is 0 Å². The second kappa shape index (κ2) is 9.38. The lowest BCUT2D eigenvalue weighted by atomic mass is 10.2. The number of nitrogens with one attached hydrogen (secondary N) is 1. The Kier molecular flexibility index (Phi) is 6.10. The van der Waals surface area contributed by atoms with E-state index in [-0.39, 0.29) is 23.5 Å². The van der Waals surface area contributed by atoms with Crippen LogP contribution < -0.4 is 5.32 Å². The molecule has 0 fully saturated rings. The number of carbonyl (C=O) groups is 1. The molecule has 3 aromatic carbocycles. The molecule has 0 aliphatic rings. The molecule has 0 atom stereocenters. The number of carbonyl (C=O) groups excluding carboxylic acids is 1. The Balaban J connectivity index is 1.46. The summed E-state index contributed by atoms with van der Waals surface area (Å²) in [7, 11) is 0. The van der Waals surface area contributed by atoms with Gasteiger partial charge in [-0.25, -0.2) is 9.36 Å². The quantitative estimate of drug-likeness (QED) is 0.331. The van der Waals surface area contributed by atoms with E-state index in [9.17, 15) is 18.0 Å². The average Bonchev–Trinajstić information content (AvgIpc) is 3.40. The van der Waals surface area contributed by atoms with E-state index in [0.717, 1.165) is 28.9 Å². The lowest BCUT2D eigenvalue weighted by Crippen LogP contribution is -2.20. The van der Waals surface area contributed by atoms with E-state index < -0.39 is 17.6 Å². The summed E-state index contributed by atoms with van der Waals surface area (Å²) in [6, 6.07) is 21.2. The van der Waals surface area contributed by atoms with E-state index >= 15 is 0 Å². The van der Waals surface area contributed by atoms with Crippen LogP contribution in [0, 0.1) is 4.77 Å². The minimum atomic E-state index is -4.52. The van der Waals surface area contributed by atoms with Gasteiger partial charge in [-0.2, -0.15) is 18.3 Å². The Morgan fingerprint density at radius 1 is 0.944 bits per heavy atom. The molecule has 2 heterocycles. The van der Waals surface area contributed by atoms with Gasteiger partial charge in [-0.05, 0) is 54.7 Å². The van der Waals surface area contributed by atoms with Gasteiger partial charge in [0.15, 0.2) is 5.82 Å². The first-order valence-electron chi connectivity index (χ1n) is 10.8. The lowest BCUT2D eigenvalue weighted by Gasteiger charge is -2.10. The molecule has 0 radical (unpaired) electrons. The van der Waals surface area contributed by atoms with Crippen LogP contribution >= 0.6 is 12.2 Å². The first kappa shape index (κ1) is 23.4. The Hall–Kier alpha value is -4.32. The molecule has 182 valence electrons. The fourth-order valence-corrected chi connectivity index (χ4v) is 4.09. The van der Waals surface area contributed by atoms with Crippen molar-refractivity contribution in [3.8, 4) is 5.69 Å². The number of hydrogen-bond acceptors (Lipinski definition) is 5. The van der Waals surface area contributed by atoms with Gasteiger partial charge in [0.05, 0.1) is 11.1 Å². The molecule has 0 bridgehead atoms. The molecule has 5 rings (SSSR count). The third-order valence-electron chi connectivity index (χ3n) is 5.40. The summed E-state index contributed by atoms with van der Waals surface area (Å²) in [6.45, 7) is -0.0681. The van der Waals surface area contributed by atoms with E-state index in [4.69, 9.17) is 12.2 Å². The normalized spacial score (nSPS) is 11.6. The number of hydrogen-bond donors (Lipinski definition) is 1. The summed E-state index contributed by atoms with van der Waals surface area (Å²) in [5.41, 5.74) is 1.44. The molecule has 0 unspecified atom stereocenters. The number of anilines is 1. The van der Waals surface area contributed by atoms with Crippen molar-refractivity contribution in [2.75, 3.05) is 5.32 Å². The van der Waals surface area contributed by atoms with Crippen LogP contribution in [0.1, 0.15) is 11.4 Å². The van der Waals surface area contributed by atoms with Crippen molar-refractivity contribution < 1.29 is 18.0 Å². The molecular formula is C24H18F3N7OS. The van der Waals surface area contributed by atoms with E-state index in [1.54, 1.807) is 9.25 Å². The summed E-state index contributed by atoms with van der Waals surface area (Å²) in [4.78, 5) is 12.7. The van der Waals surface area contributed by atoms with Gasteiger partial charge in [-0.3, -0.25) is 9.36 Å². The summed E-state index contributed by atoms with van der Waals surface area (Å²) < 4.78 is 44.0. The third kappa shape index (κ3) is 4.75. The van der Waals surface area contributed by atoms with Crippen molar-refractivity contribution in [1.82, 2.24) is 29.3 Å². The van der Waals surface area contributed by atoms with Crippen LogP contribution in [0.15, 0.2) is 78.9 Å². The zero-order chi connectivity index (χ0) is 25.3. The highest BCUT2D eigenvalue weighted by atomic mass is 32.1. The van der Waals surface area contributed by atoms with Gasteiger partial charge in [0.25, 0.3) is 0 Å². The molecular weight excluding hydrogens is 491 g/mol. The average molecular weight is 510 g/mol. The molecule has 0 aliphatic heterocycles. The number of alkyl halides is 3. The Morgan fingerprint density at radius 3 is 2.47 bits per heavy atom.